The smallest absolute Gasteiger partial charge is 0.321 e. The summed E-state index contributed by atoms with van der Waals surface area (Å²) in [4.78, 5) is 16.6. The summed E-state index contributed by atoms with van der Waals surface area (Å²) in [7, 11) is 0. The van der Waals surface area contributed by atoms with Crippen LogP contribution in [-0.4, -0.2) is 43.7 Å². The minimum atomic E-state index is -0.0726. The van der Waals surface area contributed by atoms with E-state index in [0.29, 0.717) is 19.7 Å². The molecular formula is C20H24ClN3O2. The fourth-order valence-corrected chi connectivity index (χ4v) is 3.26. The van der Waals surface area contributed by atoms with Gasteiger partial charge in [-0.3, -0.25) is 0 Å². The number of hydrogen-bond acceptors (Lipinski definition) is 3. The highest BCUT2D eigenvalue weighted by atomic mass is 35.5. The van der Waals surface area contributed by atoms with Gasteiger partial charge in [0.05, 0.1) is 6.61 Å². The molecule has 2 amide bonds. The van der Waals surface area contributed by atoms with Crippen molar-refractivity contribution >= 4 is 29.0 Å². The summed E-state index contributed by atoms with van der Waals surface area (Å²) in [6.07, 6.45) is 0. The molecule has 0 aliphatic carbocycles. The maximum atomic E-state index is 12.5. The van der Waals surface area contributed by atoms with Crippen LogP contribution in [0, 0.1) is 6.92 Å². The van der Waals surface area contributed by atoms with E-state index in [2.05, 4.69) is 16.3 Å². The molecule has 0 aromatic heterocycles. The quantitative estimate of drug-likeness (QED) is 0.863. The van der Waals surface area contributed by atoms with E-state index >= 15 is 0 Å². The number of hydrogen-bond donors (Lipinski definition) is 1. The van der Waals surface area contributed by atoms with Crippen LogP contribution in [0.15, 0.2) is 42.5 Å². The van der Waals surface area contributed by atoms with E-state index in [1.807, 2.05) is 55.1 Å². The van der Waals surface area contributed by atoms with Crippen LogP contribution in [0.2, 0.25) is 5.02 Å². The Morgan fingerprint density at radius 2 is 1.81 bits per heavy atom. The molecule has 6 heteroatoms. The van der Waals surface area contributed by atoms with Crippen LogP contribution in [-0.2, 0) is 0 Å². The second-order valence-electron chi connectivity index (χ2n) is 6.25. The van der Waals surface area contributed by atoms with Crippen molar-refractivity contribution in [3.8, 4) is 5.75 Å². The van der Waals surface area contributed by atoms with Crippen LogP contribution in [0.4, 0.5) is 16.2 Å². The predicted octanol–water partition coefficient (Wildman–Crippen LogP) is 4.40. The van der Waals surface area contributed by atoms with Crippen LogP contribution >= 0.6 is 11.6 Å². The number of nitrogens with one attached hydrogen (secondary N) is 1. The highest BCUT2D eigenvalue weighted by Gasteiger charge is 2.22. The molecule has 26 heavy (non-hydrogen) atoms. The first-order chi connectivity index (χ1) is 12.6. The van der Waals surface area contributed by atoms with Crippen molar-refractivity contribution in [1.29, 1.82) is 0 Å². The number of benzene rings is 2. The van der Waals surface area contributed by atoms with Gasteiger partial charge in [-0.1, -0.05) is 17.7 Å². The number of halogens is 1. The zero-order valence-electron chi connectivity index (χ0n) is 15.2. The van der Waals surface area contributed by atoms with Crippen molar-refractivity contribution in [2.45, 2.75) is 13.8 Å². The van der Waals surface area contributed by atoms with Crippen molar-refractivity contribution in [2.75, 3.05) is 43.0 Å². The lowest BCUT2D eigenvalue weighted by molar-refractivity contribution is 0.208. The zero-order valence-corrected chi connectivity index (χ0v) is 15.9. The third-order valence-electron chi connectivity index (χ3n) is 4.56. The van der Waals surface area contributed by atoms with Gasteiger partial charge in [0.25, 0.3) is 0 Å². The summed E-state index contributed by atoms with van der Waals surface area (Å²) in [5.41, 5.74) is 3.00. The molecule has 138 valence electrons. The van der Waals surface area contributed by atoms with Gasteiger partial charge >= 0.3 is 6.03 Å². The molecule has 1 aliphatic heterocycles. The van der Waals surface area contributed by atoms with E-state index in [1.54, 1.807) is 0 Å². The van der Waals surface area contributed by atoms with Crippen LogP contribution < -0.4 is 15.0 Å². The summed E-state index contributed by atoms with van der Waals surface area (Å²) in [6, 6.07) is 13.3. The SMILES string of the molecule is CCOc1ccc(NC(=O)N2CCN(c3cccc(Cl)c3C)CC2)cc1. The van der Waals surface area contributed by atoms with Crippen molar-refractivity contribution in [3.63, 3.8) is 0 Å². The van der Waals surface area contributed by atoms with Crippen molar-refractivity contribution in [3.05, 3.63) is 53.1 Å². The maximum Gasteiger partial charge on any atom is 0.321 e. The number of piperazine rings is 1. The topological polar surface area (TPSA) is 44.8 Å². The van der Waals surface area contributed by atoms with Crippen LogP contribution in [0.5, 0.6) is 5.75 Å². The Balaban J connectivity index is 1.55. The van der Waals surface area contributed by atoms with Gasteiger partial charge in [0.1, 0.15) is 5.75 Å². The van der Waals surface area contributed by atoms with Gasteiger partial charge in [-0.25, -0.2) is 4.79 Å². The lowest BCUT2D eigenvalue weighted by atomic mass is 10.1. The number of urea groups is 1. The average molecular weight is 374 g/mol. The summed E-state index contributed by atoms with van der Waals surface area (Å²) in [5, 5.41) is 3.72. The molecule has 1 saturated heterocycles. The average Bonchev–Trinajstić information content (AvgIpc) is 2.66. The first-order valence-corrected chi connectivity index (χ1v) is 9.25. The van der Waals surface area contributed by atoms with Gasteiger partial charge in [-0.15, -0.1) is 0 Å². The van der Waals surface area contributed by atoms with E-state index in [0.717, 1.165) is 40.8 Å². The second kappa shape index (κ2) is 8.32. The van der Waals surface area contributed by atoms with E-state index < -0.39 is 0 Å². The number of nitrogens with zero attached hydrogens (tertiary/aromatic N) is 2. The summed E-state index contributed by atoms with van der Waals surface area (Å²) in [6.45, 7) is 7.53. The van der Waals surface area contributed by atoms with E-state index in [9.17, 15) is 4.79 Å². The molecule has 1 fully saturated rings. The highest BCUT2D eigenvalue weighted by Crippen LogP contribution is 2.27. The standard InChI is InChI=1S/C20H24ClN3O2/c1-3-26-17-9-7-16(8-10-17)22-20(25)24-13-11-23(12-14-24)19-6-4-5-18(21)15(19)2/h4-10H,3,11-14H2,1-2H3,(H,22,25). The van der Waals surface area contributed by atoms with Gasteiger partial charge in [0, 0.05) is 42.6 Å². The van der Waals surface area contributed by atoms with Crippen LogP contribution in [0.1, 0.15) is 12.5 Å². The Bertz CT molecular complexity index is 756. The monoisotopic (exact) mass is 373 g/mol. The summed E-state index contributed by atoms with van der Waals surface area (Å²) in [5.74, 6) is 0.802. The normalized spacial score (nSPS) is 14.3. The van der Waals surface area contributed by atoms with Crippen molar-refractivity contribution in [1.82, 2.24) is 4.90 Å². The molecule has 1 aliphatic rings. The number of anilines is 2. The van der Waals surface area contributed by atoms with Gasteiger partial charge < -0.3 is 19.9 Å². The molecular weight excluding hydrogens is 350 g/mol. The fourth-order valence-electron chi connectivity index (χ4n) is 3.09. The Morgan fingerprint density at radius 1 is 1.12 bits per heavy atom. The molecule has 1 N–H and O–H groups in total. The van der Waals surface area contributed by atoms with E-state index in [1.165, 1.54) is 0 Å². The third kappa shape index (κ3) is 4.22. The highest BCUT2D eigenvalue weighted by molar-refractivity contribution is 6.31. The predicted molar refractivity (Wildman–Crippen MR) is 107 cm³/mol. The van der Waals surface area contributed by atoms with Gasteiger partial charge in [-0.2, -0.15) is 0 Å². The molecule has 0 unspecified atom stereocenters. The second-order valence-corrected chi connectivity index (χ2v) is 6.65. The number of rotatable bonds is 4. The molecule has 3 rings (SSSR count). The third-order valence-corrected chi connectivity index (χ3v) is 4.97. The first-order valence-electron chi connectivity index (χ1n) is 8.87. The Morgan fingerprint density at radius 3 is 2.46 bits per heavy atom. The number of carbonyl (C=O) groups excluding carboxylic acids is 1. The molecule has 1 heterocycles. The molecule has 0 saturated carbocycles. The van der Waals surface area contributed by atoms with Gasteiger partial charge in [0.2, 0.25) is 0 Å². The largest absolute Gasteiger partial charge is 0.494 e. The van der Waals surface area contributed by atoms with Crippen LogP contribution in [0.3, 0.4) is 0 Å². The van der Waals surface area contributed by atoms with Crippen LogP contribution in [0.25, 0.3) is 0 Å². The maximum absolute atomic E-state index is 12.5. The molecule has 0 spiro atoms. The van der Waals surface area contributed by atoms with Gasteiger partial charge in [0.15, 0.2) is 0 Å². The lowest BCUT2D eigenvalue weighted by Crippen LogP contribution is -2.50. The summed E-state index contributed by atoms with van der Waals surface area (Å²) < 4.78 is 5.42. The van der Waals surface area contributed by atoms with E-state index in [4.69, 9.17) is 16.3 Å². The zero-order chi connectivity index (χ0) is 18.5. The molecule has 0 radical (unpaired) electrons. The molecule has 0 bridgehead atoms. The van der Waals surface area contributed by atoms with Gasteiger partial charge in [-0.05, 0) is 55.8 Å². The Hall–Kier alpha value is -2.40. The van der Waals surface area contributed by atoms with E-state index in [-0.39, 0.29) is 6.03 Å². The summed E-state index contributed by atoms with van der Waals surface area (Å²) >= 11 is 6.22. The minimum Gasteiger partial charge on any atom is -0.494 e. The number of ether oxygens (including phenoxy) is 1. The Kier molecular flexibility index (Phi) is 5.89. The number of carbonyl (C=O) groups is 1. The molecule has 0 atom stereocenters. The fraction of sp³-hybridized carbons (Fsp3) is 0.350. The molecule has 5 nitrogen and oxygen atoms in total. The first kappa shape index (κ1) is 18.4. The van der Waals surface area contributed by atoms with Crippen molar-refractivity contribution in [2.24, 2.45) is 0 Å². The lowest BCUT2D eigenvalue weighted by Gasteiger charge is -2.36. The Labute approximate surface area is 159 Å². The molecule has 2 aromatic rings. The molecule has 2 aromatic carbocycles. The van der Waals surface area contributed by atoms with Crippen molar-refractivity contribution < 1.29 is 9.53 Å². The minimum absolute atomic E-state index is 0.0726. The number of amides is 2.